The largest absolute Gasteiger partial charge is 0.444 e. The number of hydrogen-bond acceptors (Lipinski definition) is 6. The van der Waals surface area contributed by atoms with E-state index in [4.69, 9.17) is 18.9 Å². The molecule has 8 nitrogen and oxygen atoms in total. The Labute approximate surface area is 193 Å². The van der Waals surface area contributed by atoms with Gasteiger partial charge in [0.15, 0.2) is 0 Å². The second-order valence-electron chi connectivity index (χ2n) is 11.6. The Morgan fingerprint density at radius 1 is 0.719 bits per heavy atom. The molecule has 0 aromatic heterocycles. The molecule has 0 N–H and O–H groups in total. The molecule has 2 aliphatic rings. The van der Waals surface area contributed by atoms with Gasteiger partial charge in [-0.25, -0.2) is 9.59 Å². The van der Waals surface area contributed by atoms with Crippen LogP contribution in [0.3, 0.4) is 0 Å². The summed E-state index contributed by atoms with van der Waals surface area (Å²) in [4.78, 5) is 28.8. The van der Waals surface area contributed by atoms with Gasteiger partial charge in [0.2, 0.25) is 0 Å². The summed E-state index contributed by atoms with van der Waals surface area (Å²) in [6.45, 7) is 22.3. The highest BCUT2D eigenvalue weighted by Gasteiger charge is 2.50. The smallest absolute Gasteiger partial charge is 0.412 e. The lowest BCUT2D eigenvalue weighted by Gasteiger charge is -2.34. The van der Waals surface area contributed by atoms with Crippen molar-refractivity contribution >= 4 is 12.2 Å². The van der Waals surface area contributed by atoms with Crippen LogP contribution < -0.4 is 0 Å². The Morgan fingerprint density at radius 3 is 1.25 bits per heavy atom. The van der Waals surface area contributed by atoms with Crippen LogP contribution in [0, 0.1) is 0 Å². The number of rotatable bonds is 2. The van der Waals surface area contributed by atoms with Crippen LogP contribution in [0.25, 0.3) is 0 Å². The molecule has 184 valence electrons. The standard InChI is InChI=1S/C24H42N2O6/c1-15-17(29-23(9,10)25(15)19(27)31-21(3,4)5)13-14-18-16(2)26(24(11,12)30-18)20(28)32-22(6,7)8/h13-18H,1-12H3/b14-13-/t15-,16-,17-,18+/m0/s1. The van der Waals surface area contributed by atoms with E-state index < -0.39 is 34.8 Å². The van der Waals surface area contributed by atoms with Gasteiger partial charge in [0.1, 0.15) is 22.7 Å². The quantitative estimate of drug-likeness (QED) is 0.543. The molecule has 0 aliphatic carbocycles. The zero-order chi connectivity index (χ0) is 24.9. The fraction of sp³-hybridized carbons (Fsp3) is 0.833. The zero-order valence-corrected chi connectivity index (χ0v) is 21.8. The van der Waals surface area contributed by atoms with E-state index in [2.05, 4.69) is 0 Å². The monoisotopic (exact) mass is 454 g/mol. The van der Waals surface area contributed by atoms with Crippen LogP contribution in [0.15, 0.2) is 12.2 Å². The van der Waals surface area contributed by atoms with Crippen molar-refractivity contribution in [3.8, 4) is 0 Å². The maximum absolute atomic E-state index is 12.8. The number of ether oxygens (including phenoxy) is 4. The van der Waals surface area contributed by atoms with Crippen molar-refractivity contribution in [2.24, 2.45) is 0 Å². The summed E-state index contributed by atoms with van der Waals surface area (Å²) in [5.74, 6) is 0. The second kappa shape index (κ2) is 8.52. The number of hydrogen-bond donors (Lipinski definition) is 0. The zero-order valence-electron chi connectivity index (χ0n) is 21.8. The molecule has 0 saturated carbocycles. The van der Waals surface area contributed by atoms with Crippen molar-refractivity contribution in [3.63, 3.8) is 0 Å². The summed E-state index contributed by atoms with van der Waals surface area (Å²) in [5.41, 5.74) is -2.82. The third-order valence-electron chi connectivity index (χ3n) is 5.45. The van der Waals surface area contributed by atoms with Crippen molar-refractivity contribution < 1.29 is 28.5 Å². The molecule has 0 aromatic carbocycles. The van der Waals surface area contributed by atoms with Gasteiger partial charge in [-0.05, 0) is 83.1 Å². The molecule has 4 atom stereocenters. The first kappa shape index (κ1) is 26.5. The van der Waals surface area contributed by atoms with E-state index in [9.17, 15) is 9.59 Å². The van der Waals surface area contributed by atoms with Crippen LogP contribution in [-0.2, 0) is 18.9 Å². The fourth-order valence-electron chi connectivity index (χ4n) is 4.26. The van der Waals surface area contributed by atoms with Crippen LogP contribution in [0.2, 0.25) is 0 Å². The lowest BCUT2D eigenvalue weighted by atomic mass is 10.1. The average Bonchev–Trinajstić information content (AvgIpc) is 2.89. The molecule has 0 unspecified atom stereocenters. The lowest BCUT2D eigenvalue weighted by molar-refractivity contribution is -0.0746. The summed E-state index contributed by atoms with van der Waals surface area (Å²) in [5, 5.41) is 0. The van der Waals surface area contributed by atoms with E-state index in [1.807, 2.05) is 95.2 Å². The third-order valence-corrected chi connectivity index (χ3v) is 5.45. The molecular formula is C24H42N2O6. The van der Waals surface area contributed by atoms with Gasteiger partial charge in [0, 0.05) is 0 Å². The van der Waals surface area contributed by atoms with Crippen molar-refractivity contribution in [1.29, 1.82) is 0 Å². The Hall–Kier alpha value is -1.80. The van der Waals surface area contributed by atoms with Gasteiger partial charge in [-0.1, -0.05) is 12.2 Å². The molecule has 2 rings (SSSR count). The maximum Gasteiger partial charge on any atom is 0.412 e. The molecule has 2 heterocycles. The molecular weight excluding hydrogens is 412 g/mol. The van der Waals surface area contributed by atoms with E-state index in [0.717, 1.165) is 0 Å². The number of nitrogens with zero attached hydrogens (tertiary/aromatic N) is 2. The summed E-state index contributed by atoms with van der Waals surface area (Å²) in [6.07, 6.45) is 2.32. The first-order valence-corrected chi connectivity index (χ1v) is 11.3. The lowest BCUT2D eigenvalue weighted by Crippen LogP contribution is -2.49. The molecule has 2 saturated heterocycles. The highest BCUT2D eigenvalue weighted by molar-refractivity contribution is 5.70. The molecule has 0 aromatic rings. The van der Waals surface area contributed by atoms with Gasteiger partial charge in [0.25, 0.3) is 0 Å². The molecule has 0 spiro atoms. The first-order chi connectivity index (χ1) is 14.3. The molecule has 32 heavy (non-hydrogen) atoms. The predicted molar refractivity (Wildman–Crippen MR) is 122 cm³/mol. The topological polar surface area (TPSA) is 77.5 Å². The number of carbonyl (C=O) groups is 2. The van der Waals surface area contributed by atoms with Crippen LogP contribution in [0.4, 0.5) is 9.59 Å². The summed E-state index contributed by atoms with van der Waals surface area (Å²) < 4.78 is 23.5. The molecule has 0 radical (unpaired) electrons. The first-order valence-electron chi connectivity index (χ1n) is 11.3. The summed E-state index contributed by atoms with van der Waals surface area (Å²) in [6, 6.07) is -0.467. The van der Waals surface area contributed by atoms with Crippen LogP contribution >= 0.6 is 0 Å². The predicted octanol–water partition coefficient (Wildman–Crippen LogP) is 5.06. The highest BCUT2D eigenvalue weighted by Crippen LogP contribution is 2.37. The van der Waals surface area contributed by atoms with E-state index in [1.165, 1.54) is 0 Å². The van der Waals surface area contributed by atoms with E-state index >= 15 is 0 Å². The van der Waals surface area contributed by atoms with Gasteiger partial charge in [-0.2, -0.15) is 0 Å². The van der Waals surface area contributed by atoms with Gasteiger partial charge >= 0.3 is 12.2 Å². The van der Waals surface area contributed by atoms with Gasteiger partial charge < -0.3 is 18.9 Å². The van der Waals surface area contributed by atoms with Gasteiger partial charge in [-0.3, -0.25) is 9.80 Å². The average molecular weight is 455 g/mol. The van der Waals surface area contributed by atoms with E-state index in [1.54, 1.807) is 9.80 Å². The number of carbonyl (C=O) groups excluding carboxylic acids is 2. The Kier molecular flexibility index (Phi) is 7.04. The van der Waals surface area contributed by atoms with Crippen molar-refractivity contribution in [2.75, 3.05) is 0 Å². The summed E-state index contributed by atoms with van der Waals surface area (Å²) >= 11 is 0. The Balaban J connectivity index is 2.16. The van der Waals surface area contributed by atoms with Crippen LogP contribution in [0.1, 0.15) is 83.1 Å². The molecule has 8 heteroatoms. The SMILES string of the molecule is C[C@H]1[C@H](/C=C\[C@H]2OC(C)(C)N(C(=O)OC(C)(C)C)[C@H]2C)OC(C)(C)N1C(=O)OC(C)(C)C. The molecule has 0 bridgehead atoms. The minimum Gasteiger partial charge on any atom is -0.444 e. The Morgan fingerprint density at radius 2 is 1.00 bits per heavy atom. The Bertz CT molecular complexity index is 685. The van der Waals surface area contributed by atoms with Crippen molar-refractivity contribution in [2.45, 2.75) is 130 Å². The van der Waals surface area contributed by atoms with Crippen LogP contribution in [0.5, 0.6) is 0 Å². The minimum absolute atomic E-state index is 0.234. The highest BCUT2D eigenvalue weighted by atomic mass is 16.6. The minimum atomic E-state index is -0.819. The summed E-state index contributed by atoms with van der Waals surface area (Å²) in [7, 11) is 0. The van der Waals surface area contributed by atoms with Gasteiger partial charge in [0.05, 0.1) is 24.3 Å². The fourth-order valence-corrected chi connectivity index (χ4v) is 4.26. The van der Waals surface area contributed by atoms with E-state index in [0.29, 0.717) is 0 Å². The van der Waals surface area contributed by atoms with Crippen molar-refractivity contribution in [3.05, 3.63) is 12.2 Å². The maximum atomic E-state index is 12.8. The molecule has 2 fully saturated rings. The third kappa shape index (κ3) is 5.95. The normalized spacial score (nSPS) is 30.1. The number of amides is 2. The molecule has 2 amide bonds. The second-order valence-corrected chi connectivity index (χ2v) is 11.6. The molecule has 2 aliphatic heterocycles. The van der Waals surface area contributed by atoms with Gasteiger partial charge in [-0.15, -0.1) is 0 Å². The van der Waals surface area contributed by atoms with E-state index in [-0.39, 0.29) is 24.3 Å². The van der Waals surface area contributed by atoms with Crippen LogP contribution in [-0.4, -0.2) is 68.9 Å². The van der Waals surface area contributed by atoms with Crippen molar-refractivity contribution in [1.82, 2.24) is 9.80 Å².